The molecule has 0 amide bonds. The van der Waals surface area contributed by atoms with Crippen LogP contribution in [0, 0.1) is 6.92 Å². The molecule has 0 saturated carbocycles. The lowest BCUT2D eigenvalue weighted by Crippen LogP contribution is -1.94. The van der Waals surface area contributed by atoms with Gasteiger partial charge in [-0.1, -0.05) is 23.1 Å². The third kappa shape index (κ3) is 2.92. The number of hydrogen-bond acceptors (Lipinski definition) is 8. The van der Waals surface area contributed by atoms with Crippen LogP contribution in [0.3, 0.4) is 0 Å². The van der Waals surface area contributed by atoms with Crippen molar-refractivity contribution in [2.24, 2.45) is 0 Å². The van der Waals surface area contributed by atoms with Gasteiger partial charge in [0, 0.05) is 13.5 Å². The monoisotopic (exact) mass is 257 g/mol. The molecule has 0 saturated heterocycles. The Morgan fingerprint density at radius 3 is 2.88 bits per heavy atom. The van der Waals surface area contributed by atoms with E-state index in [9.17, 15) is 0 Å². The Morgan fingerprint density at radius 1 is 1.31 bits per heavy atom. The van der Waals surface area contributed by atoms with Gasteiger partial charge in [-0.25, -0.2) is 0 Å². The average molecular weight is 257 g/mol. The van der Waals surface area contributed by atoms with Gasteiger partial charge in [0.05, 0.1) is 5.75 Å². The molecule has 0 aliphatic heterocycles. The van der Waals surface area contributed by atoms with Crippen LogP contribution in [0.2, 0.25) is 0 Å². The van der Waals surface area contributed by atoms with Crippen molar-refractivity contribution in [2.45, 2.75) is 23.9 Å². The Hall–Kier alpha value is -1.15. The smallest absolute Gasteiger partial charge is 0.226 e. The fourth-order valence-corrected chi connectivity index (χ4v) is 2.67. The van der Waals surface area contributed by atoms with Crippen molar-refractivity contribution < 1.29 is 4.42 Å². The second-order valence-electron chi connectivity index (χ2n) is 2.91. The lowest BCUT2D eigenvalue weighted by atomic mass is 10.8. The second-order valence-corrected chi connectivity index (χ2v) is 5.11. The predicted molar refractivity (Wildman–Crippen MR) is 62.7 cm³/mol. The van der Waals surface area contributed by atoms with E-state index in [0.29, 0.717) is 17.5 Å². The zero-order valence-electron chi connectivity index (χ0n) is 8.93. The summed E-state index contributed by atoms with van der Waals surface area (Å²) >= 11 is 3.07. The van der Waals surface area contributed by atoms with Gasteiger partial charge in [-0.05, 0) is 6.92 Å². The van der Waals surface area contributed by atoms with Crippen molar-refractivity contribution in [1.29, 1.82) is 0 Å². The summed E-state index contributed by atoms with van der Waals surface area (Å²) in [5.74, 6) is 1.82. The second kappa shape index (κ2) is 5.26. The number of aromatic nitrogens is 4. The van der Waals surface area contributed by atoms with Crippen molar-refractivity contribution in [2.75, 3.05) is 11.9 Å². The molecule has 0 aliphatic carbocycles. The standard InChI is InChI=1S/C8H11N5OS2/c1-3-9-7-12-13-8(16-7)15-4-6-11-10-5(2)14-6/h3-4H2,1-2H3,(H,9,12). The molecule has 0 unspecified atom stereocenters. The summed E-state index contributed by atoms with van der Waals surface area (Å²) in [7, 11) is 0. The van der Waals surface area contributed by atoms with Gasteiger partial charge in [-0.3, -0.25) is 0 Å². The maximum atomic E-state index is 5.26. The molecule has 8 heteroatoms. The molecule has 86 valence electrons. The van der Waals surface area contributed by atoms with E-state index >= 15 is 0 Å². The maximum absolute atomic E-state index is 5.26. The molecule has 0 aliphatic rings. The summed E-state index contributed by atoms with van der Waals surface area (Å²) in [5, 5.41) is 19.6. The lowest BCUT2D eigenvalue weighted by Gasteiger charge is -1.92. The van der Waals surface area contributed by atoms with E-state index in [0.717, 1.165) is 16.0 Å². The lowest BCUT2D eigenvalue weighted by molar-refractivity contribution is 0.485. The van der Waals surface area contributed by atoms with Gasteiger partial charge in [0.25, 0.3) is 0 Å². The van der Waals surface area contributed by atoms with Gasteiger partial charge in [-0.15, -0.1) is 20.4 Å². The summed E-state index contributed by atoms with van der Waals surface area (Å²) in [6, 6.07) is 0. The van der Waals surface area contributed by atoms with Crippen LogP contribution < -0.4 is 5.32 Å². The number of anilines is 1. The van der Waals surface area contributed by atoms with E-state index in [1.807, 2.05) is 6.92 Å². The molecule has 2 heterocycles. The molecule has 2 rings (SSSR count). The fraction of sp³-hybridized carbons (Fsp3) is 0.500. The normalized spacial score (nSPS) is 10.6. The molecule has 0 spiro atoms. The molecule has 6 nitrogen and oxygen atoms in total. The maximum Gasteiger partial charge on any atom is 0.226 e. The Bertz CT molecular complexity index is 455. The topological polar surface area (TPSA) is 76.7 Å². The van der Waals surface area contributed by atoms with Crippen molar-refractivity contribution in [3.05, 3.63) is 11.8 Å². The summed E-state index contributed by atoms with van der Waals surface area (Å²) in [5.41, 5.74) is 0. The fourth-order valence-electron chi connectivity index (χ4n) is 1.01. The molecule has 0 fully saturated rings. The SMILES string of the molecule is CCNc1nnc(SCc2nnc(C)o2)s1. The first-order valence-corrected chi connectivity index (χ1v) is 6.57. The number of nitrogens with one attached hydrogen (secondary N) is 1. The number of nitrogens with zero attached hydrogens (tertiary/aromatic N) is 4. The third-order valence-corrected chi connectivity index (χ3v) is 3.62. The van der Waals surface area contributed by atoms with E-state index in [1.165, 1.54) is 11.3 Å². The van der Waals surface area contributed by atoms with E-state index < -0.39 is 0 Å². The molecule has 1 N–H and O–H groups in total. The van der Waals surface area contributed by atoms with E-state index in [2.05, 4.69) is 25.7 Å². The summed E-state index contributed by atoms with van der Waals surface area (Å²) in [6.07, 6.45) is 0. The Morgan fingerprint density at radius 2 is 2.19 bits per heavy atom. The minimum Gasteiger partial charge on any atom is -0.425 e. The first-order chi connectivity index (χ1) is 7.78. The van der Waals surface area contributed by atoms with Gasteiger partial charge in [-0.2, -0.15) is 0 Å². The van der Waals surface area contributed by atoms with E-state index in [1.54, 1.807) is 18.7 Å². The Labute approximate surface area is 101 Å². The third-order valence-electron chi connectivity index (χ3n) is 1.62. The largest absolute Gasteiger partial charge is 0.425 e. The average Bonchev–Trinajstić information content (AvgIpc) is 2.85. The molecule has 0 radical (unpaired) electrons. The molecule has 2 aromatic heterocycles. The Kier molecular flexibility index (Phi) is 3.73. The first kappa shape index (κ1) is 11.3. The minimum atomic E-state index is 0.584. The predicted octanol–water partition coefficient (Wildman–Crippen LogP) is 1.95. The first-order valence-electron chi connectivity index (χ1n) is 4.77. The number of aryl methyl sites for hydroxylation is 1. The molecule has 0 aromatic carbocycles. The van der Waals surface area contributed by atoms with Gasteiger partial charge >= 0.3 is 0 Å². The zero-order chi connectivity index (χ0) is 11.4. The van der Waals surface area contributed by atoms with Crippen molar-refractivity contribution in [3.63, 3.8) is 0 Å². The van der Waals surface area contributed by atoms with Crippen LogP contribution in [0.15, 0.2) is 8.76 Å². The van der Waals surface area contributed by atoms with E-state index in [-0.39, 0.29) is 0 Å². The zero-order valence-corrected chi connectivity index (χ0v) is 10.6. The highest BCUT2D eigenvalue weighted by Gasteiger charge is 2.07. The highest BCUT2D eigenvalue weighted by atomic mass is 32.2. The summed E-state index contributed by atoms with van der Waals surface area (Å²) in [4.78, 5) is 0. The summed E-state index contributed by atoms with van der Waals surface area (Å²) < 4.78 is 6.15. The molecule has 16 heavy (non-hydrogen) atoms. The van der Waals surface area contributed by atoms with Crippen LogP contribution in [0.5, 0.6) is 0 Å². The number of thioether (sulfide) groups is 1. The van der Waals surface area contributed by atoms with Gasteiger partial charge in [0.2, 0.25) is 16.9 Å². The Balaban J connectivity index is 1.89. The highest BCUT2D eigenvalue weighted by Crippen LogP contribution is 2.27. The number of rotatable bonds is 5. The number of hydrogen-bond donors (Lipinski definition) is 1. The molecule has 0 bridgehead atoms. The van der Waals surface area contributed by atoms with Gasteiger partial charge < -0.3 is 9.73 Å². The van der Waals surface area contributed by atoms with Gasteiger partial charge in [0.15, 0.2) is 4.34 Å². The molecular weight excluding hydrogens is 246 g/mol. The quantitative estimate of drug-likeness (QED) is 0.820. The van der Waals surface area contributed by atoms with Crippen LogP contribution in [0.25, 0.3) is 0 Å². The van der Waals surface area contributed by atoms with Crippen LogP contribution in [0.4, 0.5) is 5.13 Å². The van der Waals surface area contributed by atoms with Crippen LogP contribution >= 0.6 is 23.1 Å². The van der Waals surface area contributed by atoms with Crippen LogP contribution in [-0.4, -0.2) is 26.9 Å². The summed E-state index contributed by atoms with van der Waals surface area (Å²) in [6.45, 7) is 4.65. The highest BCUT2D eigenvalue weighted by molar-refractivity contribution is 8.00. The van der Waals surface area contributed by atoms with Crippen molar-refractivity contribution in [3.8, 4) is 0 Å². The molecule has 2 aromatic rings. The van der Waals surface area contributed by atoms with Crippen LogP contribution in [0.1, 0.15) is 18.7 Å². The van der Waals surface area contributed by atoms with Crippen molar-refractivity contribution >= 4 is 28.2 Å². The van der Waals surface area contributed by atoms with Gasteiger partial charge in [0.1, 0.15) is 0 Å². The molecular formula is C8H11N5OS2. The minimum absolute atomic E-state index is 0.584. The van der Waals surface area contributed by atoms with Crippen LogP contribution in [-0.2, 0) is 5.75 Å². The van der Waals surface area contributed by atoms with Crippen molar-refractivity contribution in [1.82, 2.24) is 20.4 Å². The van der Waals surface area contributed by atoms with E-state index in [4.69, 9.17) is 4.42 Å². The molecule has 0 atom stereocenters.